The Bertz CT molecular complexity index is 622. The highest BCUT2D eigenvalue weighted by Gasteiger charge is 2.23. The molecule has 0 atom stereocenters. The van der Waals surface area contributed by atoms with Crippen LogP contribution in [0.2, 0.25) is 5.02 Å². The molecule has 0 unspecified atom stereocenters. The highest BCUT2D eigenvalue weighted by molar-refractivity contribution is 6.31. The molecule has 5 heteroatoms. The zero-order valence-corrected chi connectivity index (χ0v) is 13.2. The molecule has 108 valence electrons. The molecule has 0 bridgehead atoms. The van der Waals surface area contributed by atoms with E-state index in [-0.39, 0.29) is 5.41 Å². The second kappa shape index (κ2) is 5.02. The van der Waals surface area contributed by atoms with Gasteiger partial charge in [-0.05, 0) is 17.5 Å². The van der Waals surface area contributed by atoms with Gasteiger partial charge >= 0.3 is 0 Å². The molecule has 0 aliphatic heterocycles. The fraction of sp³-hybridized carbons (Fsp3) is 0.400. The van der Waals surface area contributed by atoms with Crippen LogP contribution in [0.4, 0.5) is 5.82 Å². The van der Waals surface area contributed by atoms with Gasteiger partial charge in [0.2, 0.25) is 0 Å². The predicted molar refractivity (Wildman–Crippen MR) is 83.3 cm³/mol. The monoisotopic (exact) mass is 293 g/mol. The van der Waals surface area contributed by atoms with E-state index in [9.17, 15) is 0 Å². The van der Waals surface area contributed by atoms with Crippen LogP contribution >= 0.6 is 11.6 Å². The lowest BCUT2D eigenvalue weighted by Gasteiger charge is -2.24. The first-order valence-corrected chi connectivity index (χ1v) is 6.79. The number of aryl methyl sites for hydroxylation is 1. The van der Waals surface area contributed by atoms with Gasteiger partial charge in [-0.25, -0.2) is 0 Å². The van der Waals surface area contributed by atoms with Crippen molar-refractivity contribution >= 4 is 17.4 Å². The molecule has 0 aliphatic carbocycles. The molecule has 0 amide bonds. The summed E-state index contributed by atoms with van der Waals surface area (Å²) in [5.41, 5.74) is 8.45. The van der Waals surface area contributed by atoms with Gasteiger partial charge in [0, 0.05) is 29.3 Å². The lowest BCUT2D eigenvalue weighted by molar-refractivity contribution is 0.399. The minimum Gasteiger partial charge on any atom is -0.496 e. The van der Waals surface area contributed by atoms with Gasteiger partial charge in [0.1, 0.15) is 11.6 Å². The normalized spacial score (nSPS) is 11.7. The zero-order valence-electron chi connectivity index (χ0n) is 12.5. The molecule has 0 fully saturated rings. The van der Waals surface area contributed by atoms with E-state index in [2.05, 4.69) is 25.9 Å². The van der Waals surface area contributed by atoms with Crippen molar-refractivity contribution in [3.8, 4) is 17.0 Å². The van der Waals surface area contributed by atoms with Crippen molar-refractivity contribution in [3.05, 3.63) is 28.8 Å². The van der Waals surface area contributed by atoms with Crippen molar-refractivity contribution in [1.29, 1.82) is 0 Å². The quantitative estimate of drug-likeness (QED) is 0.920. The van der Waals surface area contributed by atoms with Crippen molar-refractivity contribution in [2.24, 2.45) is 7.05 Å². The lowest BCUT2D eigenvalue weighted by atomic mass is 9.85. The molecule has 0 saturated heterocycles. The van der Waals surface area contributed by atoms with Crippen molar-refractivity contribution in [3.63, 3.8) is 0 Å². The predicted octanol–water partition coefficient (Wildman–Crippen LogP) is 3.63. The van der Waals surface area contributed by atoms with Crippen LogP contribution in [-0.2, 0) is 12.5 Å². The topological polar surface area (TPSA) is 53.1 Å². The summed E-state index contributed by atoms with van der Waals surface area (Å²) >= 11 is 6.26. The van der Waals surface area contributed by atoms with Crippen LogP contribution in [-0.4, -0.2) is 16.9 Å². The first-order valence-electron chi connectivity index (χ1n) is 6.42. The maximum Gasteiger partial charge on any atom is 0.132 e. The Kier molecular flexibility index (Phi) is 3.69. The van der Waals surface area contributed by atoms with Gasteiger partial charge in [-0.3, -0.25) is 4.68 Å². The zero-order chi connectivity index (χ0) is 15.1. The minimum absolute atomic E-state index is 0.0781. The summed E-state index contributed by atoms with van der Waals surface area (Å²) in [7, 11) is 3.47. The average Bonchev–Trinajstić information content (AvgIpc) is 2.67. The molecule has 1 aromatic heterocycles. The summed E-state index contributed by atoms with van der Waals surface area (Å²) in [5, 5.41) is 5.07. The smallest absolute Gasteiger partial charge is 0.132 e. The lowest BCUT2D eigenvalue weighted by Crippen LogP contribution is -2.13. The number of ether oxygens (including phenoxy) is 1. The number of hydrogen-bond donors (Lipinski definition) is 1. The Labute approximate surface area is 124 Å². The molecule has 0 radical (unpaired) electrons. The third kappa shape index (κ3) is 2.61. The Morgan fingerprint density at radius 1 is 1.25 bits per heavy atom. The molecule has 2 N–H and O–H groups in total. The van der Waals surface area contributed by atoms with Crippen molar-refractivity contribution in [1.82, 2.24) is 9.78 Å². The summed E-state index contributed by atoms with van der Waals surface area (Å²) in [5.74, 6) is 1.39. The SMILES string of the molecule is COc1c(-c2cc(N)n(C)n2)cc(Cl)cc1C(C)(C)C. The molecule has 1 heterocycles. The van der Waals surface area contributed by atoms with Gasteiger partial charge in [-0.2, -0.15) is 5.10 Å². The molecule has 2 rings (SSSR count). The molecule has 4 nitrogen and oxygen atoms in total. The van der Waals surface area contributed by atoms with Crippen molar-refractivity contribution in [2.45, 2.75) is 26.2 Å². The average molecular weight is 294 g/mol. The highest BCUT2D eigenvalue weighted by atomic mass is 35.5. The van der Waals surface area contributed by atoms with E-state index in [0.29, 0.717) is 10.8 Å². The fourth-order valence-electron chi connectivity index (χ4n) is 2.17. The number of rotatable bonds is 2. The van der Waals surface area contributed by atoms with Crippen molar-refractivity contribution < 1.29 is 4.74 Å². The first kappa shape index (κ1) is 14.7. The summed E-state index contributed by atoms with van der Waals surface area (Å²) in [4.78, 5) is 0. The second-order valence-corrected chi connectivity index (χ2v) is 6.30. The van der Waals surface area contributed by atoms with E-state index < -0.39 is 0 Å². The number of nitrogens with two attached hydrogens (primary N) is 1. The van der Waals surface area contributed by atoms with Gasteiger partial charge < -0.3 is 10.5 Å². The van der Waals surface area contributed by atoms with E-state index in [1.807, 2.05) is 18.2 Å². The number of halogens is 1. The minimum atomic E-state index is -0.0781. The first-order chi connectivity index (χ1) is 9.24. The largest absolute Gasteiger partial charge is 0.496 e. The Hall–Kier alpha value is -1.68. The number of hydrogen-bond acceptors (Lipinski definition) is 3. The van der Waals surface area contributed by atoms with Gasteiger partial charge in [0.05, 0.1) is 12.8 Å². The van der Waals surface area contributed by atoms with E-state index in [0.717, 1.165) is 22.6 Å². The van der Waals surface area contributed by atoms with Crippen LogP contribution in [0.15, 0.2) is 18.2 Å². The summed E-state index contributed by atoms with van der Waals surface area (Å²) in [6.45, 7) is 6.37. The number of methoxy groups -OCH3 is 1. The van der Waals surface area contributed by atoms with Crippen LogP contribution in [0.25, 0.3) is 11.3 Å². The maximum atomic E-state index is 6.26. The third-order valence-electron chi connectivity index (χ3n) is 3.26. The van der Waals surface area contributed by atoms with Crippen LogP contribution in [0.1, 0.15) is 26.3 Å². The van der Waals surface area contributed by atoms with Gasteiger partial charge in [-0.15, -0.1) is 0 Å². The molecule has 2 aromatic rings. The summed E-state index contributed by atoms with van der Waals surface area (Å²) in [6, 6.07) is 5.62. The van der Waals surface area contributed by atoms with E-state index >= 15 is 0 Å². The molecule has 0 saturated carbocycles. The van der Waals surface area contributed by atoms with Crippen LogP contribution in [0.5, 0.6) is 5.75 Å². The van der Waals surface area contributed by atoms with Crippen LogP contribution < -0.4 is 10.5 Å². The maximum absolute atomic E-state index is 6.26. The van der Waals surface area contributed by atoms with Gasteiger partial charge in [-0.1, -0.05) is 32.4 Å². The van der Waals surface area contributed by atoms with E-state index in [1.54, 1.807) is 18.8 Å². The standard InChI is InChI=1S/C15H20ClN3O/c1-15(2,3)11-7-9(16)6-10(14(11)20-5)12-8-13(17)19(4)18-12/h6-8H,17H2,1-5H3. The number of nitrogens with zero attached hydrogens (tertiary/aromatic N) is 2. The Morgan fingerprint density at radius 3 is 2.35 bits per heavy atom. The number of aromatic nitrogens is 2. The van der Waals surface area contributed by atoms with Crippen molar-refractivity contribution in [2.75, 3.05) is 12.8 Å². The fourth-order valence-corrected chi connectivity index (χ4v) is 2.39. The third-order valence-corrected chi connectivity index (χ3v) is 3.48. The van der Waals surface area contributed by atoms with Gasteiger partial charge in [0.25, 0.3) is 0 Å². The Morgan fingerprint density at radius 2 is 1.90 bits per heavy atom. The summed E-state index contributed by atoms with van der Waals surface area (Å²) < 4.78 is 7.24. The number of anilines is 1. The van der Waals surface area contributed by atoms with E-state index in [1.165, 1.54) is 0 Å². The molecule has 0 aliphatic rings. The van der Waals surface area contributed by atoms with Crippen LogP contribution in [0.3, 0.4) is 0 Å². The number of nitrogen functional groups attached to an aromatic ring is 1. The van der Waals surface area contributed by atoms with E-state index in [4.69, 9.17) is 22.1 Å². The Balaban J connectivity index is 2.72. The molecule has 0 spiro atoms. The molecular weight excluding hydrogens is 274 g/mol. The van der Waals surface area contributed by atoms with Gasteiger partial charge in [0.15, 0.2) is 0 Å². The summed E-state index contributed by atoms with van der Waals surface area (Å²) in [6.07, 6.45) is 0. The molecule has 1 aromatic carbocycles. The van der Waals surface area contributed by atoms with Crippen LogP contribution in [0, 0.1) is 0 Å². The number of benzene rings is 1. The molecular formula is C15H20ClN3O. The molecule has 20 heavy (non-hydrogen) atoms. The second-order valence-electron chi connectivity index (χ2n) is 5.86. The highest BCUT2D eigenvalue weighted by Crippen LogP contribution is 2.41.